The van der Waals surface area contributed by atoms with E-state index in [0.717, 1.165) is 0 Å². The van der Waals surface area contributed by atoms with Gasteiger partial charge in [0.05, 0.1) is 11.3 Å². The monoisotopic (exact) mass is 567 g/mol. The van der Waals surface area contributed by atoms with E-state index in [1.165, 1.54) is 25.2 Å². The highest BCUT2D eigenvalue weighted by Crippen LogP contribution is 2.54. The Morgan fingerprint density at radius 2 is 1.47 bits per heavy atom. The van der Waals surface area contributed by atoms with Crippen LogP contribution in [0.4, 0.5) is 40.8 Å². The molecule has 0 amide bonds. The van der Waals surface area contributed by atoms with E-state index in [1.807, 2.05) is 0 Å². The normalized spacial score (nSPS) is 12.8. The van der Waals surface area contributed by atoms with Gasteiger partial charge in [0.25, 0.3) is 0 Å². The van der Waals surface area contributed by atoms with Crippen LogP contribution in [0.5, 0.6) is 0 Å². The first kappa shape index (κ1) is 24.6. The van der Waals surface area contributed by atoms with Gasteiger partial charge in [0, 0.05) is 28.0 Å². The second-order valence-corrected chi connectivity index (χ2v) is 7.80. The molecule has 0 unspecified atom stereocenters. The molecule has 2 nitrogen and oxygen atoms in total. The number of nitrogens with one attached hydrogen (secondary N) is 1. The summed E-state index contributed by atoms with van der Waals surface area (Å²) in [5.41, 5.74) is -7.74. The molecule has 0 heterocycles. The van der Waals surface area contributed by atoms with Gasteiger partial charge in [0.1, 0.15) is 0 Å². The lowest BCUT2D eigenvalue weighted by Gasteiger charge is -2.31. The van der Waals surface area contributed by atoms with E-state index in [-0.39, 0.29) is 25.8 Å². The lowest BCUT2D eigenvalue weighted by atomic mass is 9.92. The molecule has 0 saturated heterocycles. The fourth-order valence-electron chi connectivity index (χ4n) is 2.66. The molecule has 12 heteroatoms. The Morgan fingerprint density at radius 3 is 1.90 bits per heavy atom. The zero-order chi connectivity index (χ0) is 23.1. The molecule has 0 aliphatic heterocycles. The molecule has 0 radical (unpaired) electrons. The smallest absolute Gasteiger partial charge is 0.386 e. The average molecular weight is 569 g/mol. The Labute approximate surface area is 181 Å². The highest BCUT2D eigenvalue weighted by Gasteiger charge is 2.73. The molecular formula is C18H11Br2F8NO. The van der Waals surface area contributed by atoms with Crippen LogP contribution in [0, 0.1) is 5.82 Å². The van der Waals surface area contributed by atoms with Crippen molar-refractivity contribution in [2.45, 2.75) is 24.4 Å². The zero-order valence-corrected chi connectivity index (χ0v) is 18.0. The van der Waals surface area contributed by atoms with E-state index < -0.39 is 41.6 Å². The van der Waals surface area contributed by atoms with E-state index in [9.17, 15) is 39.9 Å². The quantitative estimate of drug-likeness (QED) is 0.308. The topological polar surface area (TPSA) is 29.1 Å². The number of benzene rings is 2. The minimum atomic E-state index is -6.28. The number of carbonyl (C=O) groups is 1. The van der Waals surface area contributed by atoms with Gasteiger partial charge in [0.15, 0.2) is 11.6 Å². The summed E-state index contributed by atoms with van der Waals surface area (Å²) < 4.78 is 106. The van der Waals surface area contributed by atoms with Crippen LogP contribution in [0.3, 0.4) is 0 Å². The highest BCUT2D eigenvalue weighted by molar-refractivity contribution is 9.11. The molecule has 2 aromatic rings. The van der Waals surface area contributed by atoms with Crippen molar-refractivity contribution < 1.29 is 39.9 Å². The largest absolute Gasteiger partial charge is 0.435 e. The van der Waals surface area contributed by atoms with Crippen LogP contribution in [-0.2, 0) is 12.1 Å². The van der Waals surface area contributed by atoms with E-state index in [1.54, 1.807) is 0 Å². The number of halogens is 10. The first-order valence-electron chi connectivity index (χ1n) is 7.95. The number of hydrogen-bond acceptors (Lipinski definition) is 2. The molecule has 0 saturated carbocycles. The molecule has 0 atom stereocenters. The molecule has 1 N–H and O–H groups in total. The maximum absolute atomic E-state index is 14.3. The Morgan fingerprint density at radius 1 is 0.967 bits per heavy atom. The number of carbonyl (C=O) groups excluding carboxylic acids is 1. The molecule has 0 fully saturated rings. The predicted octanol–water partition coefficient (Wildman–Crippen LogP) is 7.11. The highest BCUT2D eigenvalue weighted by atomic mass is 79.9. The lowest BCUT2D eigenvalue weighted by Crippen LogP contribution is -2.50. The van der Waals surface area contributed by atoms with E-state index in [2.05, 4.69) is 37.2 Å². The summed E-state index contributed by atoms with van der Waals surface area (Å²) >= 11 is 5.56. The van der Waals surface area contributed by atoms with Crippen molar-refractivity contribution in [3.05, 3.63) is 61.8 Å². The maximum atomic E-state index is 14.3. The summed E-state index contributed by atoms with van der Waals surface area (Å²) in [5.74, 6) is -1.66. The third-order valence-corrected chi connectivity index (χ3v) is 5.64. The van der Waals surface area contributed by atoms with Crippen molar-refractivity contribution in [3.63, 3.8) is 0 Å². The number of alkyl halides is 7. The molecule has 0 spiro atoms. The number of hydrogen-bond donors (Lipinski definition) is 1. The molecule has 164 valence electrons. The van der Waals surface area contributed by atoms with Crippen molar-refractivity contribution >= 4 is 43.3 Å². The lowest BCUT2D eigenvalue weighted by molar-refractivity contribution is -0.348. The Kier molecular flexibility index (Phi) is 6.92. The van der Waals surface area contributed by atoms with Crippen molar-refractivity contribution in [1.82, 2.24) is 0 Å². The van der Waals surface area contributed by atoms with Crippen LogP contribution in [0.1, 0.15) is 21.5 Å². The Bertz CT molecular complexity index is 935. The summed E-state index contributed by atoms with van der Waals surface area (Å²) in [6.07, 6.45) is -13.1. The average Bonchev–Trinajstić information content (AvgIpc) is 2.61. The molecule has 0 bridgehead atoms. The first-order valence-corrected chi connectivity index (χ1v) is 9.54. The standard InChI is InChI=1S/C18H11Br2F8NO/c1-29-13-4-2-3-9(15(13)21)14(30)7-10-11(19)5-8(6-12(10)20)16(22,17(23,24)25)18(26,27)28/h2-6,29H,7H2,1H3. The van der Waals surface area contributed by atoms with E-state index in [0.29, 0.717) is 12.1 Å². The SMILES string of the molecule is CNc1cccc(C(=O)Cc2c(Br)cc(C(F)(C(F)(F)F)C(F)(F)F)cc2Br)c1F. The Balaban J connectivity index is 2.51. The summed E-state index contributed by atoms with van der Waals surface area (Å²) in [7, 11) is 1.42. The van der Waals surface area contributed by atoms with Crippen LogP contribution < -0.4 is 5.32 Å². The van der Waals surface area contributed by atoms with Gasteiger partial charge in [-0.25, -0.2) is 8.78 Å². The molecule has 30 heavy (non-hydrogen) atoms. The van der Waals surface area contributed by atoms with Gasteiger partial charge in [0.2, 0.25) is 0 Å². The number of Topliss-reactive ketones (excluding diaryl/α,β-unsaturated/α-hetero) is 1. The van der Waals surface area contributed by atoms with Gasteiger partial charge >= 0.3 is 18.0 Å². The maximum Gasteiger partial charge on any atom is 0.435 e. The summed E-state index contributed by atoms with van der Waals surface area (Å²) in [5, 5.41) is 2.53. The van der Waals surface area contributed by atoms with Crippen LogP contribution in [0.15, 0.2) is 39.3 Å². The summed E-state index contributed by atoms with van der Waals surface area (Å²) in [6, 6.07) is 4.53. The van der Waals surface area contributed by atoms with Gasteiger partial charge in [-0.2, -0.15) is 26.3 Å². The Hall–Kier alpha value is -1.69. The second-order valence-electron chi connectivity index (χ2n) is 6.09. The van der Waals surface area contributed by atoms with Crippen LogP contribution in [0.2, 0.25) is 0 Å². The van der Waals surface area contributed by atoms with Gasteiger partial charge < -0.3 is 5.32 Å². The molecule has 0 aromatic heterocycles. The molecular weight excluding hydrogens is 558 g/mol. The van der Waals surface area contributed by atoms with Crippen molar-refractivity contribution in [1.29, 1.82) is 0 Å². The number of rotatable bonds is 5. The molecule has 0 aliphatic rings. The summed E-state index contributed by atoms with van der Waals surface area (Å²) in [4.78, 5) is 12.5. The van der Waals surface area contributed by atoms with Crippen LogP contribution >= 0.6 is 31.9 Å². The minimum Gasteiger partial charge on any atom is -0.386 e. The first-order chi connectivity index (χ1) is 13.6. The van der Waals surface area contributed by atoms with Gasteiger partial charge in [-0.1, -0.05) is 37.9 Å². The third-order valence-electron chi connectivity index (χ3n) is 4.23. The molecule has 2 rings (SSSR count). The number of anilines is 1. The predicted molar refractivity (Wildman–Crippen MR) is 101 cm³/mol. The van der Waals surface area contributed by atoms with Crippen LogP contribution in [-0.4, -0.2) is 25.2 Å². The van der Waals surface area contributed by atoms with E-state index in [4.69, 9.17) is 0 Å². The van der Waals surface area contributed by atoms with Crippen molar-refractivity contribution in [3.8, 4) is 0 Å². The summed E-state index contributed by atoms with van der Waals surface area (Å²) in [6.45, 7) is 0. The van der Waals surface area contributed by atoms with Gasteiger partial charge in [-0.3, -0.25) is 4.79 Å². The fourth-order valence-corrected chi connectivity index (χ4v) is 4.12. The molecule has 0 aliphatic carbocycles. The number of ketones is 1. The van der Waals surface area contributed by atoms with Crippen molar-refractivity contribution in [2.24, 2.45) is 0 Å². The van der Waals surface area contributed by atoms with Gasteiger partial charge in [-0.15, -0.1) is 0 Å². The molecule has 2 aromatic carbocycles. The third kappa shape index (κ3) is 4.34. The van der Waals surface area contributed by atoms with Crippen molar-refractivity contribution in [2.75, 3.05) is 12.4 Å². The minimum absolute atomic E-state index is 0.0203. The van der Waals surface area contributed by atoms with Crippen LogP contribution in [0.25, 0.3) is 0 Å². The van der Waals surface area contributed by atoms with Gasteiger partial charge in [-0.05, 0) is 29.8 Å². The second kappa shape index (κ2) is 8.45. The zero-order valence-electron chi connectivity index (χ0n) is 14.8. The van der Waals surface area contributed by atoms with E-state index >= 15 is 0 Å². The fraction of sp³-hybridized carbons (Fsp3) is 0.278.